The van der Waals surface area contributed by atoms with E-state index in [0.29, 0.717) is 12.3 Å². The van der Waals surface area contributed by atoms with E-state index in [2.05, 4.69) is 16.4 Å². The minimum absolute atomic E-state index is 0.0291. The number of hydrogen-bond acceptors (Lipinski definition) is 3. The Morgan fingerprint density at radius 3 is 2.81 bits per heavy atom. The van der Waals surface area contributed by atoms with Gasteiger partial charge in [-0.05, 0) is 35.7 Å². The molecule has 1 aromatic heterocycles. The van der Waals surface area contributed by atoms with Gasteiger partial charge in [0.1, 0.15) is 0 Å². The highest BCUT2D eigenvalue weighted by atomic mass is 16.4. The number of aromatic nitrogens is 1. The van der Waals surface area contributed by atoms with Crippen molar-refractivity contribution in [3.8, 4) is 0 Å². The molecule has 0 saturated carbocycles. The molecule has 0 amide bonds. The molecule has 1 radical (unpaired) electrons. The fourth-order valence-corrected chi connectivity index (χ4v) is 3.46. The average Bonchev–Trinajstić information content (AvgIpc) is 3.27. The SMILES string of the molecule is CC(C)([B]OCc1ccccc1)C(=O)c1cc2c3c(ccc2[nH]1)NCC3. The molecular weight excluding hydrogens is 323 g/mol. The number of benzene rings is 2. The third-order valence-electron chi connectivity index (χ3n) is 4.91. The zero-order valence-corrected chi connectivity index (χ0v) is 15.1. The zero-order chi connectivity index (χ0) is 18.1. The number of ketones is 1. The molecule has 26 heavy (non-hydrogen) atoms. The molecule has 131 valence electrons. The molecule has 2 heterocycles. The molecule has 5 heteroatoms. The highest BCUT2D eigenvalue weighted by Gasteiger charge is 2.32. The van der Waals surface area contributed by atoms with Crippen molar-refractivity contribution in [3.63, 3.8) is 0 Å². The van der Waals surface area contributed by atoms with Crippen molar-refractivity contribution in [2.24, 2.45) is 0 Å². The van der Waals surface area contributed by atoms with Gasteiger partial charge in [0, 0.05) is 28.4 Å². The first kappa shape index (κ1) is 16.9. The van der Waals surface area contributed by atoms with Crippen molar-refractivity contribution >= 4 is 29.9 Å². The Hall–Kier alpha value is -2.53. The van der Waals surface area contributed by atoms with Crippen molar-refractivity contribution in [3.05, 3.63) is 65.4 Å². The van der Waals surface area contributed by atoms with Crippen LogP contribution >= 0.6 is 0 Å². The summed E-state index contributed by atoms with van der Waals surface area (Å²) >= 11 is 0. The number of carbonyl (C=O) groups is 1. The van der Waals surface area contributed by atoms with E-state index >= 15 is 0 Å². The third-order valence-corrected chi connectivity index (χ3v) is 4.91. The molecule has 0 unspecified atom stereocenters. The molecule has 3 aromatic rings. The van der Waals surface area contributed by atoms with Gasteiger partial charge in [-0.3, -0.25) is 4.79 Å². The number of fused-ring (bicyclic) bond motifs is 3. The Morgan fingerprint density at radius 2 is 2.00 bits per heavy atom. The summed E-state index contributed by atoms with van der Waals surface area (Å²) in [5, 5.41) is 3.80. The van der Waals surface area contributed by atoms with Gasteiger partial charge < -0.3 is 15.0 Å². The van der Waals surface area contributed by atoms with Crippen LogP contribution in [0.4, 0.5) is 5.69 Å². The number of aromatic amines is 1. The molecule has 4 rings (SSSR count). The number of rotatable bonds is 6. The van der Waals surface area contributed by atoms with Gasteiger partial charge >= 0.3 is 7.48 Å². The van der Waals surface area contributed by atoms with Crippen molar-refractivity contribution in [2.75, 3.05) is 11.9 Å². The average molecular weight is 345 g/mol. The van der Waals surface area contributed by atoms with E-state index in [4.69, 9.17) is 4.65 Å². The van der Waals surface area contributed by atoms with Crippen molar-refractivity contribution < 1.29 is 9.45 Å². The summed E-state index contributed by atoms with van der Waals surface area (Å²) in [6.45, 7) is 5.19. The van der Waals surface area contributed by atoms with Gasteiger partial charge in [0.2, 0.25) is 0 Å². The second kappa shape index (κ2) is 6.65. The first-order chi connectivity index (χ1) is 12.5. The number of nitrogens with one attached hydrogen (secondary N) is 2. The summed E-state index contributed by atoms with van der Waals surface area (Å²) in [4.78, 5) is 16.3. The monoisotopic (exact) mass is 345 g/mol. The Labute approximate surface area is 154 Å². The van der Waals surface area contributed by atoms with Crippen LogP contribution in [0, 0.1) is 0 Å². The second-order valence-electron chi connectivity index (χ2n) is 7.38. The van der Waals surface area contributed by atoms with Gasteiger partial charge in [0.25, 0.3) is 0 Å². The molecule has 0 saturated heterocycles. The minimum atomic E-state index is -0.711. The number of anilines is 1. The standard InChI is InChI=1S/C21H22BN2O2/c1-21(2,22-26-13-14-6-4-3-5-7-14)20(25)19-12-16-15-10-11-23-17(15)8-9-18(16)24-19/h3-9,12,23-24H,10-11,13H2,1-2H3. The highest BCUT2D eigenvalue weighted by molar-refractivity contribution is 6.42. The van der Waals surface area contributed by atoms with Crippen molar-refractivity contribution in [1.29, 1.82) is 0 Å². The maximum absolute atomic E-state index is 13.0. The van der Waals surface area contributed by atoms with Crippen LogP contribution in [0.3, 0.4) is 0 Å². The lowest BCUT2D eigenvalue weighted by Gasteiger charge is -2.20. The number of Topliss-reactive ketones (excluding diaryl/α,β-unsaturated/α-hetero) is 1. The summed E-state index contributed by atoms with van der Waals surface area (Å²) in [6.07, 6.45) is 0.994. The van der Waals surface area contributed by atoms with E-state index in [1.54, 1.807) is 7.48 Å². The first-order valence-corrected chi connectivity index (χ1v) is 8.98. The lowest BCUT2D eigenvalue weighted by Crippen LogP contribution is -2.26. The largest absolute Gasteiger partial charge is 0.435 e. The van der Waals surface area contributed by atoms with Gasteiger partial charge in [-0.1, -0.05) is 44.2 Å². The van der Waals surface area contributed by atoms with E-state index < -0.39 is 5.31 Å². The van der Waals surface area contributed by atoms with Crippen LogP contribution < -0.4 is 5.32 Å². The predicted molar refractivity (Wildman–Crippen MR) is 106 cm³/mol. The molecule has 1 aliphatic heterocycles. The third kappa shape index (κ3) is 3.15. The van der Waals surface area contributed by atoms with Gasteiger partial charge in [-0.2, -0.15) is 0 Å². The van der Waals surface area contributed by atoms with Crippen LogP contribution in [0.1, 0.15) is 35.5 Å². The van der Waals surface area contributed by atoms with Crippen LogP contribution in [0.5, 0.6) is 0 Å². The van der Waals surface area contributed by atoms with Crippen LogP contribution in [-0.4, -0.2) is 24.8 Å². The van der Waals surface area contributed by atoms with Gasteiger partial charge in [-0.25, -0.2) is 0 Å². The fraction of sp³-hybridized carbons (Fsp3) is 0.286. The molecule has 0 spiro atoms. The van der Waals surface area contributed by atoms with Gasteiger partial charge in [-0.15, -0.1) is 0 Å². The van der Waals surface area contributed by atoms with Crippen LogP contribution in [0.15, 0.2) is 48.5 Å². The van der Waals surface area contributed by atoms with Gasteiger partial charge in [0.15, 0.2) is 5.78 Å². The molecule has 4 nitrogen and oxygen atoms in total. The molecule has 1 aliphatic rings. The van der Waals surface area contributed by atoms with E-state index in [9.17, 15) is 4.79 Å². The molecule has 0 bridgehead atoms. The van der Waals surface area contributed by atoms with E-state index in [0.717, 1.165) is 29.4 Å². The lowest BCUT2D eigenvalue weighted by molar-refractivity contribution is 0.0934. The topological polar surface area (TPSA) is 54.1 Å². The normalized spacial score (nSPS) is 13.5. The Morgan fingerprint density at radius 1 is 1.19 bits per heavy atom. The maximum atomic E-state index is 13.0. The van der Waals surface area contributed by atoms with Crippen molar-refractivity contribution in [1.82, 2.24) is 4.98 Å². The molecule has 0 aliphatic carbocycles. The summed E-state index contributed by atoms with van der Waals surface area (Å²) in [5.74, 6) is 0.0291. The van der Waals surface area contributed by atoms with Crippen LogP contribution in [0.25, 0.3) is 10.9 Å². The molecule has 2 aromatic carbocycles. The van der Waals surface area contributed by atoms with E-state index in [1.807, 2.05) is 56.3 Å². The minimum Gasteiger partial charge on any atom is -0.435 e. The predicted octanol–water partition coefficient (Wildman–Crippen LogP) is 4.35. The maximum Gasteiger partial charge on any atom is 0.307 e. The number of carbonyl (C=O) groups excluding carboxylic acids is 1. The lowest BCUT2D eigenvalue weighted by atomic mass is 9.63. The Bertz CT molecular complexity index is 947. The highest BCUT2D eigenvalue weighted by Crippen LogP contribution is 2.34. The van der Waals surface area contributed by atoms with E-state index in [-0.39, 0.29) is 5.78 Å². The quantitative estimate of drug-likeness (QED) is 0.516. The second-order valence-corrected chi connectivity index (χ2v) is 7.38. The van der Waals surface area contributed by atoms with Crippen LogP contribution in [-0.2, 0) is 17.7 Å². The molecule has 0 atom stereocenters. The summed E-state index contributed by atoms with van der Waals surface area (Å²) in [7, 11) is 1.65. The summed E-state index contributed by atoms with van der Waals surface area (Å²) in [5.41, 5.74) is 5.19. The molecule has 0 fully saturated rings. The van der Waals surface area contributed by atoms with Crippen molar-refractivity contribution in [2.45, 2.75) is 32.2 Å². The smallest absolute Gasteiger partial charge is 0.307 e. The molecule has 2 N–H and O–H groups in total. The Kier molecular flexibility index (Phi) is 4.33. The number of H-pyrrole nitrogens is 1. The van der Waals surface area contributed by atoms with E-state index in [1.165, 1.54) is 11.3 Å². The van der Waals surface area contributed by atoms with Crippen LogP contribution in [0.2, 0.25) is 5.31 Å². The summed E-state index contributed by atoms with van der Waals surface area (Å²) in [6, 6.07) is 16.0. The number of hydrogen-bond donors (Lipinski definition) is 2. The fourth-order valence-electron chi connectivity index (χ4n) is 3.46. The summed E-state index contributed by atoms with van der Waals surface area (Å²) < 4.78 is 5.71. The Balaban J connectivity index is 1.50. The zero-order valence-electron chi connectivity index (χ0n) is 15.1. The first-order valence-electron chi connectivity index (χ1n) is 8.98. The van der Waals surface area contributed by atoms with Gasteiger partial charge in [0.05, 0.1) is 12.3 Å². The molecular formula is C21H22BN2O2.